The molecule has 0 amide bonds. The molecular weight excluding hydrogens is 283 g/mol. The van der Waals surface area contributed by atoms with Crippen LogP contribution in [0.2, 0.25) is 0 Å². The lowest BCUT2D eigenvalue weighted by Gasteiger charge is -2.08. The Morgan fingerprint density at radius 2 is 2.14 bits per heavy atom. The summed E-state index contributed by atoms with van der Waals surface area (Å²) in [5, 5.41) is 12.7. The predicted octanol–water partition coefficient (Wildman–Crippen LogP) is 2.72. The van der Waals surface area contributed by atoms with Crippen molar-refractivity contribution in [3.63, 3.8) is 0 Å². The highest BCUT2D eigenvalue weighted by Gasteiger charge is 2.17. The Kier molecular flexibility index (Phi) is 2.96. The molecule has 1 aliphatic rings. The summed E-state index contributed by atoms with van der Waals surface area (Å²) >= 11 is 0. The Balaban J connectivity index is 1.69. The third kappa shape index (κ3) is 2.26. The molecule has 0 saturated carbocycles. The van der Waals surface area contributed by atoms with Gasteiger partial charge < -0.3 is 10.6 Å². The number of halogens is 1. The third-order valence-corrected chi connectivity index (χ3v) is 3.57. The second kappa shape index (κ2) is 5.10. The van der Waals surface area contributed by atoms with E-state index in [2.05, 4.69) is 30.8 Å². The first kappa shape index (κ1) is 12.8. The van der Waals surface area contributed by atoms with E-state index in [0.29, 0.717) is 23.1 Å². The normalized spacial score (nSPS) is 12.8. The summed E-state index contributed by atoms with van der Waals surface area (Å²) in [4.78, 5) is 8.59. The molecule has 0 fully saturated rings. The number of aromatic amines is 1. The number of H-pyrrole nitrogens is 1. The summed E-state index contributed by atoms with van der Waals surface area (Å²) in [7, 11) is 0. The number of fused-ring (bicyclic) bond motifs is 1. The van der Waals surface area contributed by atoms with Gasteiger partial charge in [-0.25, -0.2) is 14.4 Å². The van der Waals surface area contributed by atoms with Gasteiger partial charge in [0.25, 0.3) is 0 Å². The Bertz CT molecular complexity index is 815. The SMILES string of the molecule is Fc1cc(-c2ccnc(Nc3ccn[nH]3)n2)cc2c1NCC2. The predicted molar refractivity (Wildman–Crippen MR) is 81.5 cm³/mol. The van der Waals surface area contributed by atoms with Crippen molar-refractivity contribution in [3.05, 3.63) is 48.0 Å². The quantitative estimate of drug-likeness (QED) is 0.692. The zero-order valence-corrected chi connectivity index (χ0v) is 11.6. The van der Waals surface area contributed by atoms with Gasteiger partial charge in [-0.2, -0.15) is 5.10 Å². The van der Waals surface area contributed by atoms with Crippen molar-refractivity contribution in [2.75, 3.05) is 17.2 Å². The minimum absolute atomic E-state index is 0.244. The molecule has 1 aromatic carbocycles. The van der Waals surface area contributed by atoms with Crippen molar-refractivity contribution in [2.45, 2.75) is 6.42 Å². The van der Waals surface area contributed by atoms with Crippen molar-refractivity contribution in [2.24, 2.45) is 0 Å². The largest absolute Gasteiger partial charge is 0.382 e. The Morgan fingerprint density at radius 3 is 3.00 bits per heavy atom. The van der Waals surface area contributed by atoms with E-state index in [1.165, 1.54) is 6.07 Å². The van der Waals surface area contributed by atoms with E-state index in [4.69, 9.17) is 0 Å². The van der Waals surface area contributed by atoms with Gasteiger partial charge in [0.1, 0.15) is 11.6 Å². The van der Waals surface area contributed by atoms with Crippen molar-refractivity contribution < 1.29 is 4.39 Å². The topological polar surface area (TPSA) is 78.5 Å². The zero-order valence-electron chi connectivity index (χ0n) is 11.6. The van der Waals surface area contributed by atoms with E-state index in [1.54, 1.807) is 24.5 Å². The van der Waals surface area contributed by atoms with Crippen molar-refractivity contribution in [1.82, 2.24) is 20.2 Å². The molecule has 6 nitrogen and oxygen atoms in total. The van der Waals surface area contributed by atoms with Crippen LogP contribution in [-0.4, -0.2) is 26.7 Å². The number of anilines is 3. The Morgan fingerprint density at radius 1 is 1.18 bits per heavy atom. The van der Waals surface area contributed by atoms with Crippen molar-refractivity contribution >= 4 is 17.5 Å². The summed E-state index contributed by atoms with van der Waals surface area (Å²) in [5.41, 5.74) is 3.01. The summed E-state index contributed by atoms with van der Waals surface area (Å²) < 4.78 is 14.1. The lowest BCUT2D eigenvalue weighted by atomic mass is 10.1. The monoisotopic (exact) mass is 296 g/mol. The van der Waals surface area contributed by atoms with Crippen LogP contribution >= 0.6 is 0 Å². The number of nitrogens with one attached hydrogen (secondary N) is 3. The highest BCUT2D eigenvalue weighted by Crippen LogP contribution is 2.31. The minimum Gasteiger partial charge on any atom is -0.382 e. The maximum Gasteiger partial charge on any atom is 0.228 e. The van der Waals surface area contributed by atoms with Crippen LogP contribution in [0.5, 0.6) is 0 Å². The van der Waals surface area contributed by atoms with Gasteiger partial charge in [0.05, 0.1) is 17.6 Å². The highest BCUT2D eigenvalue weighted by atomic mass is 19.1. The molecule has 22 heavy (non-hydrogen) atoms. The number of hydrogen-bond acceptors (Lipinski definition) is 5. The molecule has 0 radical (unpaired) electrons. The van der Waals surface area contributed by atoms with Crippen LogP contribution in [0.1, 0.15) is 5.56 Å². The Labute approximate surface area is 125 Å². The molecule has 0 aliphatic carbocycles. The van der Waals surface area contributed by atoms with E-state index in [9.17, 15) is 4.39 Å². The van der Waals surface area contributed by atoms with Crippen LogP contribution in [-0.2, 0) is 6.42 Å². The molecule has 110 valence electrons. The van der Waals surface area contributed by atoms with Crippen LogP contribution in [0.25, 0.3) is 11.3 Å². The summed E-state index contributed by atoms with van der Waals surface area (Å²) in [6.45, 7) is 0.770. The van der Waals surface area contributed by atoms with Crippen LogP contribution in [0.4, 0.5) is 21.8 Å². The van der Waals surface area contributed by atoms with Gasteiger partial charge >= 0.3 is 0 Å². The number of hydrogen-bond donors (Lipinski definition) is 3. The second-order valence-electron chi connectivity index (χ2n) is 5.03. The van der Waals surface area contributed by atoms with Gasteiger partial charge in [0.2, 0.25) is 5.95 Å². The summed E-state index contributed by atoms with van der Waals surface area (Å²) in [6.07, 6.45) is 4.10. The minimum atomic E-state index is -0.244. The second-order valence-corrected chi connectivity index (χ2v) is 5.03. The molecular formula is C15H13FN6. The summed E-state index contributed by atoms with van der Waals surface area (Å²) in [6, 6.07) is 7.01. The molecule has 7 heteroatoms. The first-order valence-corrected chi connectivity index (χ1v) is 6.96. The van der Waals surface area contributed by atoms with Gasteiger partial charge in [-0.05, 0) is 30.2 Å². The fraction of sp³-hybridized carbons (Fsp3) is 0.133. The van der Waals surface area contributed by atoms with Gasteiger partial charge in [0, 0.05) is 24.4 Å². The molecule has 0 saturated heterocycles. The molecule has 0 atom stereocenters. The molecule has 1 aliphatic heterocycles. The average molecular weight is 296 g/mol. The highest BCUT2D eigenvalue weighted by molar-refractivity contribution is 5.69. The first-order valence-electron chi connectivity index (χ1n) is 6.96. The smallest absolute Gasteiger partial charge is 0.228 e. The molecule has 0 unspecified atom stereocenters. The third-order valence-electron chi connectivity index (χ3n) is 3.57. The van der Waals surface area contributed by atoms with Crippen molar-refractivity contribution in [3.8, 4) is 11.3 Å². The number of aromatic nitrogens is 4. The van der Waals surface area contributed by atoms with Gasteiger partial charge in [-0.3, -0.25) is 5.10 Å². The van der Waals surface area contributed by atoms with E-state index < -0.39 is 0 Å². The van der Waals surface area contributed by atoms with Crippen LogP contribution < -0.4 is 10.6 Å². The standard InChI is InChI=1S/C15H13FN6/c16-11-8-10(7-9-1-4-17-14(9)11)12-2-5-18-15(20-12)21-13-3-6-19-22-13/h2-3,5-8,17H,1,4H2,(H2,18,19,20,21,22). The van der Waals surface area contributed by atoms with E-state index >= 15 is 0 Å². The number of rotatable bonds is 3. The van der Waals surface area contributed by atoms with E-state index in [0.717, 1.165) is 24.1 Å². The van der Waals surface area contributed by atoms with E-state index in [1.807, 2.05) is 6.07 Å². The average Bonchev–Trinajstić information content (AvgIpc) is 3.19. The molecule has 3 aromatic rings. The zero-order chi connectivity index (χ0) is 14.9. The lowest BCUT2D eigenvalue weighted by molar-refractivity contribution is 0.632. The van der Waals surface area contributed by atoms with Gasteiger partial charge in [-0.15, -0.1) is 0 Å². The first-order chi connectivity index (χ1) is 10.8. The van der Waals surface area contributed by atoms with Gasteiger partial charge in [0.15, 0.2) is 0 Å². The lowest BCUT2D eigenvalue weighted by Crippen LogP contribution is -1.99. The van der Waals surface area contributed by atoms with Crippen LogP contribution in [0.3, 0.4) is 0 Å². The summed E-state index contributed by atoms with van der Waals surface area (Å²) in [5.74, 6) is 0.883. The maximum atomic E-state index is 14.1. The maximum absolute atomic E-state index is 14.1. The van der Waals surface area contributed by atoms with E-state index in [-0.39, 0.29) is 5.82 Å². The molecule has 4 rings (SSSR count). The fourth-order valence-corrected chi connectivity index (χ4v) is 2.55. The van der Waals surface area contributed by atoms with Crippen LogP contribution in [0, 0.1) is 5.82 Å². The molecule has 0 spiro atoms. The Hall–Kier alpha value is -2.96. The number of benzene rings is 1. The molecule has 0 bridgehead atoms. The molecule has 3 N–H and O–H groups in total. The fourth-order valence-electron chi connectivity index (χ4n) is 2.55. The van der Waals surface area contributed by atoms with Crippen molar-refractivity contribution in [1.29, 1.82) is 0 Å². The molecule has 2 aromatic heterocycles. The van der Waals surface area contributed by atoms with Crippen LogP contribution in [0.15, 0.2) is 36.7 Å². The van der Waals surface area contributed by atoms with Gasteiger partial charge in [-0.1, -0.05) is 0 Å². The molecule has 3 heterocycles. The number of nitrogens with zero attached hydrogens (tertiary/aromatic N) is 3.